The second kappa shape index (κ2) is 14.6. The fourth-order valence-corrected chi connectivity index (χ4v) is 5.35. The van der Waals surface area contributed by atoms with E-state index in [-0.39, 0.29) is 16.9 Å². The summed E-state index contributed by atoms with van der Waals surface area (Å²) in [5.41, 5.74) is 3.42. The summed E-state index contributed by atoms with van der Waals surface area (Å²) in [5, 5.41) is 8.65. The van der Waals surface area contributed by atoms with Gasteiger partial charge in [-0.2, -0.15) is 0 Å². The van der Waals surface area contributed by atoms with Gasteiger partial charge in [0.1, 0.15) is 17.2 Å². The second-order valence-corrected chi connectivity index (χ2v) is 12.0. The number of nitrogens with one attached hydrogen (secondary N) is 3. The molecule has 5 aromatic rings. The van der Waals surface area contributed by atoms with Gasteiger partial charge in [-0.05, 0) is 80.1 Å². The summed E-state index contributed by atoms with van der Waals surface area (Å²) < 4.78 is 5.96. The highest BCUT2D eigenvalue weighted by molar-refractivity contribution is 8.00. The Labute approximate surface area is 270 Å². The monoisotopic (exact) mass is 635 g/mol. The Morgan fingerprint density at radius 2 is 1.51 bits per heavy atom. The van der Waals surface area contributed by atoms with Crippen molar-refractivity contribution < 1.29 is 18.8 Å². The van der Waals surface area contributed by atoms with Gasteiger partial charge in [0.2, 0.25) is 5.91 Å². The van der Waals surface area contributed by atoms with Gasteiger partial charge < -0.3 is 20.4 Å². The van der Waals surface area contributed by atoms with Gasteiger partial charge in [0.05, 0.1) is 5.25 Å². The van der Waals surface area contributed by atoms with E-state index in [0.717, 1.165) is 16.0 Å². The van der Waals surface area contributed by atoms with E-state index in [4.69, 9.17) is 16.0 Å². The number of hydrogen-bond donors (Lipinski definition) is 3. The van der Waals surface area contributed by atoms with E-state index >= 15 is 0 Å². The molecular weight excluding hydrogens is 606 g/mol. The number of amides is 3. The van der Waals surface area contributed by atoms with Crippen molar-refractivity contribution in [1.82, 2.24) is 5.32 Å². The molecule has 3 amide bonds. The van der Waals surface area contributed by atoms with Crippen LogP contribution in [0.3, 0.4) is 0 Å². The van der Waals surface area contributed by atoms with Gasteiger partial charge in [0.25, 0.3) is 11.8 Å². The zero-order valence-electron chi connectivity index (χ0n) is 24.5. The lowest BCUT2D eigenvalue weighted by Gasteiger charge is -2.14. The summed E-state index contributed by atoms with van der Waals surface area (Å²) in [4.78, 5) is 40.1. The first-order valence-electron chi connectivity index (χ1n) is 14.1. The number of carbonyl (C=O) groups excluding carboxylic acids is 3. The van der Waals surface area contributed by atoms with Crippen molar-refractivity contribution in [3.63, 3.8) is 0 Å². The molecule has 0 saturated heterocycles. The number of anilines is 2. The van der Waals surface area contributed by atoms with Crippen molar-refractivity contribution in [2.24, 2.45) is 0 Å². The molecule has 1 atom stereocenters. The van der Waals surface area contributed by atoms with Crippen molar-refractivity contribution in [3.8, 4) is 11.3 Å². The molecule has 5 rings (SSSR count). The third-order valence-electron chi connectivity index (χ3n) is 6.75. The highest BCUT2D eigenvalue weighted by Crippen LogP contribution is 2.28. The molecule has 1 aromatic heterocycles. The number of furan rings is 1. The van der Waals surface area contributed by atoms with Crippen LogP contribution < -0.4 is 16.0 Å². The van der Waals surface area contributed by atoms with Gasteiger partial charge in [-0.15, -0.1) is 11.8 Å². The van der Waals surface area contributed by atoms with Crippen LogP contribution in [0.4, 0.5) is 11.4 Å². The molecule has 0 spiro atoms. The number of halogens is 1. The summed E-state index contributed by atoms with van der Waals surface area (Å²) in [6, 6.07) is 34.2. The van der Waals surface area contributed by atoms with Crippen LogP contribution in [0.5, 0.6) is 0 Å². The van der Waals surface area contributed by atoms with Crippen molar-refractivity contribution in [3.05, 3.63) is 143 Å². The van der Waals surface area contributed by atoms with Gasteiger partial charge in [-0.3, -0.25) is 14.4 Å². The average Bonchev–Trinajstić information content (AvgIpc) is 3.52. The molecule has 0 aliphatic rings. The maximum atomic E-state index is 13.4. The first kappa shape index (κ1) is 31.4. The fraction of sp³-hybridized carbons (Fsp3) is 0.0833. The molecule has 7 nitrogen and oxygen atoms in total. The smallest absolute Gasteiger partial charge is 0.272 e. The minimum absolute atomic E-state index is 0.0119. The van der Waals surface area contributed by atoms with Crippen LogP contribution in [-0.4, -0.2) is 23.0 Å². The van der Waals surface area contributed by atoms with Gasteiger partial charge in [-0.25, -0.2) is 0 Å². The van der Waals surface area contributed by atoms with Crippen LogP contribution in [-0.2, 0) is 9.59 Å². The van der Waals surface area contributed by atoms with Crippen molar-refractivity contribution >= 4 is 58.5 Å². The largest absolute Gasteiger partial charge is 0.457 e. The van der Waals surface area contributed by atoms with E-state index in [0.29, 0.717) is 33.5 Å². The Balaban J connectivity index is 1.28. The maximum absolute atomic E-state index is 13.4. The van der Waals surface area contributed by atoms with Crippen LogP contribution in [0.25, 0.3) is 17.4 Å². The molecule has 226 valence electrons. The standard InChI is InChI=1S/C36H30ClN3O4S/c1-23-13-14-27(37)21-31(23)39-34(41)24(2)45-30-18-15-28(16-19-30)38-36(43)32(40-35(42)26-11-7-4-8-12-26)22-29-17-20-33(44-29)25-9-5-3-6-10-25/h3-22,24H,1-2H3,(H,38,43)(H,39,41)(H,40,42). The Bertz CT molecular complexity index is 1840. The molecule has 1 heterocycles. The van der Waals surface area contributed by atoms with E-state index in [1.165, 1.54) is 17.8 Å². The number of hydrogen-bond acceptors (Lipinski definition) is 5. The van der Waals surface area contributed by atoms with E-state index in [1.54, 1.807) is 54.6 Å². The predicted octanol–water partition coefficient (Wildman–Crippen LogP) is 8.44. The van der Waals surface area contributed by atoms with Crippen LogP contribution in [0.15, 0.2) is 130 Å². The van der Waals surface area contributed by atoms with Gasteiger partial charge in [0, 0.05) is 38.5 Å². The highest BCUT2D eigenvalue weighted by atomic mass is 35.5. The summed E-state index contributed by atoms with van der Waals surface area (Å²) >= 11 is 7.47. The van der Waals surface area contributed by atoms with E-state index < -0.39 is 11.8 Å². The molecular formula is C36H30ClN3O4S. The Morgan fingerprint density at radius 1 is 0.822 bits per heavy atom. The Hall–Kier alpha value is -5.05. The van der Waals surface area contributed by atoms with E-state index in [1.807, 2.05) is 74.5 Å². The van der Waals surface area contributed by atoms with Crippen LogP contribution in [0, 0.1) is 6.92 Å². The normalized spacial score (nSPS) is 11.8. The molecule has 0 saturated carbocycles. The van der Waals surface area contributed by atoms with Gasteiger partial charge in [0.15, 0.2) is 0 Å². The summed E-state index contributed by atoms with van der Waals surface area (Å²) in [5.74, 6) is -0.0742. The Morgan fingerprint density at radius 3 is 2.22 bits per heavy atom. The molecule has 45 heavy (non-hydrogen) atoms. The number of aryl methyl sites for hydroxylation is 1. The minimum Gasteiger partial charge on any atom is -0.457 e. The third kappa shape index (κ3) is 8.53. The Kier molecular flexibility index (Phi) is 10.2. The molecule has 4 aromatic carbocycles. The molecule has 9 heteroatoms. The van der Waals surface area contributed by atoms with Gasteiger partial charge in [-0.1, -0.05) is 66.2 Å². The fourth-order valence-electron chi connectivity index (χ4n) is 4.31. The summed E-state index contributed by atoms with van der Waals surface area (Å²) in [6.07, 6.45) is 1.49. The molecule has 0 aliphatic carbocycles. The lowest BCUT2D eigenvalue weighted by molar-refractivity contribution is -0.115. The molecule has 0 bridgehead atoms. The minimum atomic E-state index is -0.526. The predicted molar refractivity (Wildman–Crippen MR) is 181 cm³/mol. The molecule has 3 N–H and O–H groups in total. The molecule has 0 aliphatic heterocycles. The van der Waals surface area contributed by atoms with Crippen LogP contribution >= 0.6 is 23.4 Å². The van der Waals surface area contributed by atoms with E-state index in [9.17, 15) is 14.4 Å². The molecule has 0 fully saturated rings. The van der Waals surface area contributed by atoms with Crippen LogP contribution in [0.2, 0.25) is 5.02 Å². The van der Waals surface area contributed by atoms with Crippen molar-refractivity contribution in [2.75, 3.05) is 10.6 Å². The topological polar surface area (TPSA) is 100 Å². The van der Waals surface area contributed by atoms with Crippen LogP contribution in [0.1, 0.15) is 28.6 Å². The van der Waals surface area contributed by atoms with Crippen molar-refractivity contribution in [2.45, 2.75) is 24.0 Å². The quantitative estimate of drug-likeness (QED) is 0.106. The molecule has 0 radical (unpaired) electrons. The first-order valence-corrected chi connectivity index (χ1v) is 15.4. The highest BCUT2D eigenvalue weighted by Gasteiger charge is 2.18. The number of carbonyl (C=O) groups is 3. The summed E-state index contributed by atoms with van der Waals surface area (Å²) in [7, 11) is 0. The zero-order valence-corrected chi connectivity index (χ0v) is 26.1. The zero-order chi connectivity index (χ0) is 31.8. The first-order chi connectivity index (χ1) is 21.7. The van der Waals surface area contributed by atoms with Gasteiger partial charge >= 0.3 is 0 Å². The molecule has 1 unspecified atom stereocenters. The second-order valence-electron chi connectivity index (χ2n) is 10.1. The lowest BCUT2D eigenvalue weighted by atomic mass is 10.2. The van der Waals surface area contributed by atoms with E-state index in [2.05, 4.69) is 16.0 Å². The number of benzene rings is 4. The third-order valence-corrected chi connectivity index (χ3v) is 8.10. The maximum Gasteiger partial charge on any atom is 0.272 e. The SMILES string of the molecule is Cc1ccc(Cl)cc1NC(=O)C(C)Sc1ccc(NC(=O)C(=Cc2ccc(-c3ccccc3)o2)NC(=O)c2ccccc2)cc1. The number of thioether (sulfide) groups is 1. The average molecular weight is 636 g/mol. The van der Waals surface area contributed by atoms with Crippen molar-refractivity contribution in [1.29, 1.82) is 0 Å². The lowest BCUT2D eigenvalue weighted by Crippen LogP contribution is -2.30. The summed E-state index contributed by atoms with van der Waals surface area (Å²) in [6.45, 7) is 3.72. The number of rotatable bonds is 10.